The van der Waals surface area contributed by atoms with E-state index in [0.29, 0.717) is 18.7 Å². The average molecular weight is 582 g/mol. The summed E-state index contributed by atoms with van der Waals surface area (Å²) in [6.07, 6.45) is 0. The number of rotatable bonds is 6. The molecule has 8 nitrogen and oxygen atoms in total. The van der Waals surface area contributed by atoms with Crippen LogP contribution >= 0.6 is 11.3 Å². The molecular weight excluding hydrogens is 546 g/mol. The van der Waals surface area contributed by atoms with Crippen molar-refractivity contribution in [1.29, 1.82) is 0 Å². The fourth-order valence-corrected chi connectivity index (χ4v) is 9.10. The zero-order valence-corrected chi connectivity index (χ0v) is 24.9. The highest BCUT2D eigenvalue weighted by Crippen LogP contribution is 2.39. The van der Waals surface area contributed by atoms with Crippen molar-refractivity contribution in [2.45, 2.75) is 30.9 Å². The second-order valence-corrected chi connectivity index (χ2v) is 13.8. The fourth-order valence-electron chi connectivity index (χ4n) is 5.85. The van der Waals surface area contributed by atoms with Crippen LogP contribution in [0, 0.1) is 26.7 Å². The second-order valence-electron chi connectivity index (χ2n) is 10.6. The third kappa shape index (κ3) is 5.40. The van der Waals surface area contributed by atoms with Crippen molar-refractivity contribution in [1.82, 2.24) is 9.21 Å². The van der Waals surface area contributed by atoms with Gasteiger partial charge in [0.05, 0.1) is 13.0 Å². The Morgan fingerprint density at radius 1 is 0.900 bits per heavy atom. The average Bonchev–Trinajstić information content (AvgIpc) is 3.58. The number of thiophene rings is 1. The summed E-state index contributed by atoms with van der Waals surface area (Å²) in [6, 6.07) is 17.7. The summed E-state index contributed by atoms with van der Waals surface area (Å²) in [5, 5.41) is 0. The molecule has 0 saturated carbocycles. The maximum absolute atomic E-state index is 14.0. The highest BCUT2D eigenvalue weighted by molar-refractivity contribution is 7.91. The minimum absolute atomic E-state index is 0.00928. The Morgan fingerprint density at radius 3 is 2.25 bits per heavy atom. The van der Waals surface area contributed by atoms with Crippen LogP contribution in [0.3, 0.4) is 0 Å². The van der Waals surface area contributed by atoms with Gasteiger partial charge >= 0.3 is 5.97 Å². The third-order valence-corrected chi connectivity index (χ3v) is 11.6. The van der Waals surface area contributed by atoms with Crippen molar-refractivity contribution in [2.75, 3.05) is 51.3 Å². The van der Waals surface area contributed by atoms with Crippen molar-refractivity contribution in [3.05, 3.63) is 81.7 Å². The van der Waals surface area contributed by atoms with Gasteiger partial charge in [-0.05, 0) is 49.6 Å². The van der Waals surface area contributed by atoms with Crippen LogP contribution in [0.25, 0.3) is 0 Å². The first-order valence-electron chi connectivity index (χ1n) is 13.4. The molecule has 0 unspecified atom stereocenters. The number of hydrogen-bond donors (Lipinski definition) is 0. The highest BCUT2D eigenvalue weighted by atomic mass is 32.2. The molecule has 0 N–H and O–H groups in total. The molecule has 1 amide bonds. The number of carbonyl (C=O) groups excluding carboxylic acids is 2. The summed E-state index contributed by atoms with van der Waals surface area (Å²) in [4.78, 5) is 30.5. The molecular formula is C30H35N3O5S2. The van der Waals surface area contributed by atoms with Crippen LogP contribution in [0.2, 0.25) is 0 Å². The van der Waals surface area contributed by atoms with Gasteiger partial charge in [-0.25, -0.2) is 13.2 Å². The Hall–Kier alpha value is -3.21. The monoisotopic (exact) mass is 581 g/mol. The Kier molecular flexibility index (Phi) is 8.03. The van der Waals surface area contributed by atoms with Gasteiger partial charge in [0.1, 0.15) is 9.09 Å². The molecule has 0 radical (unpaired) electrons. The van der Waals surface area contributed by atoms with Crippen LogP contribution in [0.15, 0.2) is 58.8 Å². The maximum Gasteiger partial charge on any atom is 0.348 e. The molecule has 1 aromatic heterocycles. The van der Waals surface area contributed by atoms with Crippen molar-refractivity contribution in [3.63, 3.8) is 0 Å². The molecule has 2 atom stereocenters. The minimum atomic E-state index is -3.92. The molecule has 2 aliphatic heterocycles. The van der Waals surface area contributed by atoms with Crippen LogP contribution in [0.1, 0.15) is 37.8 Å². The van der Waals surface area contributed by atoms with Gasteiger partial charge in [-0.2, -0.15) is 4.31 Å². The molecule has 3 aromatic rings. The lowest BCUT2D eigenvalue weighted by molar-refractivity contribution is -0.135. The van der Waals surface area contributed by atoms with Gasteiger partial charge in [-0.3, -0.25) is 4.79 Å². The first-order valence-corrected chi connectivity index (χ1v) is 15.7. The number of benzene rings is 2. The Balaban J connectivity index is 1.37. The van der Waals surface area contributed by atoms with Gasteiger partial charge in [0.15, 0.2) is 0 Å². The number of methoxy groups -OCH3 is 1. The van der Waals surface area contributed by atoms with Gasteiger partial charge in [-0.15, -0.1) is 11.3 Å². The van der Waals surface area contributed by atoms with E-state index in [1.165, 1.54) is 28.2 Å². The van der Waals surface area contributed by atoms with E-state index >= 15 is 0 Å². The summed E-state index contributed by atoms with van der Waals surface area (Å²) in [5.74, 6) is -1.33. The quantitative estimate of drug-likeness (QED) is 0.406. The number of carbonyl (C=O) groups is 2. The number of anilines is 1. The first kappa shape index (κ1) is 28.3. The Labute approximate surface area is 240 Å². The summed E-state index contributed by atoms with van der Waals surface area (Å²) < 4.78 is 33.9. The predicted octanol–water partition coefficient (Wildman–Crippen LogP) is 4.21. The largest absolute Gasteiger partial charge is 0.465 e. The summed E-state index contributed by atoms with van der Waals surface area (Å²) >= 11 is 0.916. The number of hydrogen-bond acceptors (Lipinski definition) is 7. The van der Waals surface area contributed by atoms with Crippen molar-refractivity contribution in [2.24, 2.45) is 5.92 Å². The molecule has 3 heterocycles. The van der Waals surface area contributed by atoms with Crippen molar-refractivity contribution in [3.8, 4) is 0 Å². The lowest BCUT2D eigenvalue weighted by Gasteiger charge is -2.38. The van der Waals surface area contributed by atoms with Crippen LogP contribution in [-0.2, 0) is 19.6 Å². The smallest absolute Gasteiger partial charge is 0.348 e. The molecule has 0 aliphatic carbocycles. The van der Waals surface area contributed by atoms with E-state index in [2.05, 4.69) is 36.9 Å². The third-order valence-electron chi connectivity index (χ3n) is 7.95. The van der Waals surface area contributed by atoms with Gasteiger partial charge in [-0.1, -0.05) is 48.0 Å². The molecule has 40 heavy (non-hydrogen) atoms. The van der Waals surface area contributed by atoms with E-state index in [1.807, 2.05) is 35.2 Å². The fraction of sp³-hybridized carbons (Fsp3) is 0.400. The van der Waals surface area contributed by atoms with Crippen LogP contribution in [0.4, 0.5) is 5.69 Å². The van der Waals surface area contributed by atoms with Crippen LogP contribution in [-0.4, -0.2) is 75.9 Å². The van der Waals surface area contributed by atoms with Crippen LogP contribution in [0.5, 0.6) is 0 Å². The summed E-state index contributed by atoms with van der Waals surface area (Å²) in [5.41, 5.74) is 5.09. The molecule has 10 heteroatoms. The molecule has 0 spiro atoms. The Bertz CT molecular complexity index is 1510. The minimum Gasteiger partial charge on any atom is -0.465 e. The van der Waals surface area contributed by atoms with E-state index in [0.717, 1.165) is 30.0 Å². The summed E-state index contributed by atoms with van der Waals surface area (Å²) in [6.45, 7) is 8.81. The predicted molar refractivity (Wildman–Crippen MR) is 157 cm³/mol. The molecule has 0 bridgehead atoms. The lowest BCUT2D eigenvalue weighted by atomic mass is 9.88. The lowest BCUT2D eigenvalue weighted by Crippen LogP contribution is -2.51. The maximum atomic E-state index is 14.0. The molecule has 2 fully saturated rings. The van der Waals surface area contributed by atoms with E-state index < -0.39 is 21.9 Å². The molecule has 2 aliphatic rings. The standard InChI is InChI=1S/C30H35N3O5S2/c1-20-10-11-26(21(2)16-20)31-12-14-32(15-13-31)28(34)25-19-33(18-24(25)23-8-6-5-7-9-23)40(36,37)30-22(3)17-27(39-30)29(35)38-4/h5-11,16-17,24-25H,12-15,18-19H2,1-4H3/t24-,25+/m0/s1. The highest BCUT2D eigenvalue weighted by Gasteiger charge is 2.46. The number of ether oxygens (including phenoxy) is 1. The number of amides is 1. The number of aryl methyl sites for hydroxylation is 3. The number of nitrogens with zero attached hydrogens (tertiary/aromatic N) is 3. The zero-order valence-electron chi connectivity index (χ0n) is 23.3. The molecule has 5 rings (SSSR count). The zero-order chi connectivity index (χ0) is 28.6. The normalized spacial score (nSPS) is 20.1. The van der Waals surface area contributed by atoms with E-state index in [9.17, 15) is 18.0 Å². The van der Waals surface area contributed by atoms with Crippen molar-refractivity contribution < 1.29 is 22.7 Å². The molecule has 212 valence electrons. The summed E-state index contributed by atoms with van der Waals surface area (Å²) in [7, 11) is -2.64. The van der Waals surface area contributed by atoms with Gasteiger partial charge in [0.2, 0.25) is 5.91 Å². The number of esters is 1. The first-order chi connectivity index (χ1) is 19.1. The van der Waals surface area contributed by atoms with Crippen molar-refractivity contribution >= 4 is 38.9 Å². The molecule has 2 saturated heterocycles. The topological polar surface area (TPSA) is 87.2 Å². The molecule has 2 aromatic carbocycles. The SMILES string of the molecule is COC(=O)c1cc(C)c(S(=O)(=O)N2C[C@@H](C(=O)N3CCN(c4ccc(C)cc4C)CC3)[C@H](c3ccccc3)C2)s1. The van der Waals surface area contributed by atoms with Gasteiger partial charge < -0.3 is 14.5 Å². The number of sulfonamides is 1. The van der Waals surface area contributed by atoms with Gasteiger partial charge in [0.25, 0.3) is 10.0 Å². The van der Waals surface area contributed by atoms with Crippen LogP contribution < -0.4 is 4.90 Å². The van der Waals surface area contributed by atoms with E-state index in [1.54, 1.807) is 13.0 Å². The Morgan fingerprint density at radius 2 is 1.60 bits per heavy atom. The second kappa shape index (κ2) is 11.3. The number of piperazine rings is 1. The van der Waals surface area contributed by atoms with E-state index in [-0.39, 0.29) is 34.0 Å². The van der Waals surface area contributed by atoms with E-state index in [4.69, 9.17) is 4.74 Å². The van der Waals surface area contributed by atoms with Gasteiger partial charge in [0, 0.05) is 50.9 Å².